The topological polar surface area (TPSA) is 69.6 Å². The number of esters is 1. The number of nitrogens with zero attached hydrogens (tertiary/aromatic N) is 1. The van der Waals surface area contributed by atoms with E-state index >= 15 is 0 Å². The molecule has 31 heavy (non-hydrogen) atoms. The number of amides is 1. The molecule has 1 atom stereocenters. The lowest BCUT2D eigenvalue weighted by Crippen LogP contribution is -2.30. The summed E-state index contributed by atoms with van der Waals surface area (Å²) in [7, 11) is 1.48. The van der Waals surface area contributed by atoms with Crippen molar-refractivity contribution in [3.63, 3.8) is 0 Å². The van der Waals surface area contributed by atoms with Gasteiger partial charge in [-0.1, -0.05) is 30.3 Å². The van der Waals surface area contributed by atoms with Crippen molar-refractivity contribution in [2.24, 2.45) is 0 Å². The van der Waals surface area contributed by atoms with E-state index in [9.17, 15) is 9.59 Å². The highest BCUT2D eigenvalue weighted by molar-refractivity contribution is 6.10. The molecule has 0 aliphatic carbocycles. The molecule has 6 heteroatoms. The lowest BCUT2D eigenvalue weighted by Gasteiger charge is -2.15. The average Bonchev–Trinajstić information content (AvgIpc) is 3.11. The summed E-state index contributed by atoms with van der Waals surface area (Å²) >= 11 is 0. The van der Waals surface area contributed by atoms with Crippen LogP contribution in [0.15, 0.2) is 66.7 Å². The van der Waals surface area contributed by atoms with E-state index in [2.05, 4.69) is 28.9 Å². The molecule has 0 unspecified atom stereocenters. The first-order chi connectivity index (χ1) is 15.0. The second kappa shape index (κ2) is 8.52. The van der Waals surface area contributed by atoms with Gasteiger partial charge in [0.05, 0.1) is 7.11 Å². The summed E-state index contributed by atoms with van der Waals surface area (Å²) in [6, 6.07) is 20.8. The third-order valence-corrected chi connectivity index (χ3v) is 5.34. The van der Waals surface area contributed by atoms with Gasteiger partial charge in [0.2, 0.25) is 0 Å². The minimum absolute atomic E-state index is 0.276. The summed E-state index contributed by atoms with van der Waals surface area (Å²) in [6.07, 6.45) is -0.968. The van der Waals surface area contributed by atoms with Crippen molar-refractivity contribution in [3.8, 4) is 5.75 Å². The molecule has 4 rings (SSSR count). The number of carbonyl (C=O) groups excluding carboxylic acids is 2. The summed E-state index contributed by atoms with van der Waals surface area (Å²) in [5.41, 5.74) is 3.19. The number of aromatic nitrogens is 1. The largest absolute Gasteiger partial charge is 0.496 e. The first-order valence-corrected chi connectivity index (χ1v) is 10.2. The van der Waals surface area contributed by atoms with E-state index in [4.69, 9.17) is 9.47 Å². The number of methoxy groups -OCH3 is 1. The molecular weight excluding hydrogens is 392 g/mol. The highest BCUT2D eigenvalue weighted by Gasteiger charge is 2.21. The van der Waals surface area contributed by atoms with Crippen LogP contribution in [-0.2, 0) is 16.1 Å². The van der Waals surface area contributed by atoms with Crippen LogP contribution in [0.25, 0.3) is 21.8 Å². The number of benzene rings is 3. The standard InChI is InChI=1S/C25H24N2O4/c1-4-27-21-11-7-5-9-18(21)20-15-17(13-14-22(20)27)26-24(28)16(2)31-25(29)19-10-6-8-12-23(19)30-3/h5-16H,4H2,1-3H3,(H,26,28)/t16-/m0/s1. The van der Waals surface area contributed by atoms with E-state index in [-0.39, 0.29) is 5.56 Å². The van der Waals surface area contributed by atoms with Crippen LogP contribution < -0.4 is 10.1 Å². The van der Waals surface area contributed by atoms with Gasteiger partial charge in [0.1, 0.15) is 11.3 Å². The zero-order valence-electron chi connectivity index (χ0n) is 17.7. The van der Waals surface area contributed by atoms with Gasteiger partial charge in [-0.05, 0) is 50.2 Å². The Kier molecular flexibility index (Phi) is 5.62. The quantitative estimate of drug-likeness (QED) is 0.449. The summed E-state index contributed by atoms with van der Waals surface area (Å²) in [6.45, 7) is 4.51. The molecule has 3 aromatic carbocycles. The van der Waals surface area contributed by atoms with Gasteiger partial charge in [-0.15, -0.1) is 0 Å². The molecule has 0 radical (unpaired) electrons. The Hall–Kier alpha value is -3.80. The van der Waals surface area contributed by atoms with Crippen molar-refractivity contribution in [3.05, 3.63) is 72.3 Å². The van der Waals surface area contributed by atoms with Crippen molar-refractivity contribution in [1.29, 1.82) is 0 Å². The SMILES string of the molecule is CCn1c2ccccc2c2cc(NC(=O)[C@H](C)OC(=O)c3ccccc3OC)ccc21. The monoisotopic (exact) mass is 416 g/mol. The van der Waals surface area contributed by atoms with Crippen molar-refractivity contribution < 1.29 is 19.1 Å². The second-order valence-corrected chi connectivity index (χ2v) is 7.23. The van der Waals surface area contributed by atoms with Crippen molar-refractivity contribution in [2.75, 3.05) is 12.4 Å². The third-order valence-electron chi connectivity index (χ3n) is 5.34. The summed E-state index contributed by atoms with van der Waals surface area (Å²) in [5, 5.41) is 5.05. The molecule has 1 aromatic heterocycles. The predicted octanol–water partition coefficient (Wildman–Crippen LogP) is 5.01. The normalized spacial score (nSPS) is 12.0. The number of rotatable bonds is 6. The second-order valence-electron chi connectivity index (χ2n) is 7.23. The molecule has 1 heterocycles. The Morgan fingerprint density at radius 2 is 1.68 bits per heavy atom. The van der Waals surface area contributed by atoms with Gasteiger partial charge < -0.3 is 19.4 Å². The van der Waals surface area contributed by atoms with Gasteiger partial charge >= 0.3 is 5.97 Å². The van der Waals surface area contributed by atoms with E-state index < -0.39 is 18.0 Å². The molecule has 158 valence electrons. The van der Waals surface area contributed by atoms with Crippen molar-refractivity contribution >= 4 is 39.4 Å². The van der Waals surface area contributed by atoms with Gasteiger partial charge in [-0.3, -0.25) is 4.79 Å². The fourth-order valence-corrected chi connectivity index (χ4v) is 3.81. The number of aryl methyl sites for hydroxylation is 1. The van der Waals surface area contributed by atoms with E-state index in [1.165, 1.54) is 7.11 Å². The van der Waals surface area contributed by atoms with Crippen molar-refractivity contribution in [1.82, 2.24) is 4.57 Å². The van der Waals surface area contributed by atoms with Crippen LogP contribution in [0, 0.1) is 0 Å². The molecule has 1 N–H and O–H groups in total. The minimum atomic E-state index is -0.968. The van der Waals surface area contributed by atoms with Gasteiger partial charge in [-0.2, -0.15) is 0 Å². The molecule has 0 fully saturated rings. The molecule has 0 saturated heterocycles. The first-order valence-electron chi connectivity index (χ1n) is 10.2. The predicted molar refractivity (Wildman–Crippen MR) is 122 cm³/mol. The van der Waals surface area contributed by atoms with Gasteiger partial charge in [0.15, 0.2) is 6.10 Å². The van der Waals surface area contributed by atoms with Crippen LogP contribution in [0.2, 0.25) is 0 Å². The fourth-order valence-electron chi connectivity index (χ4n) is 3.81. The fraction of sp³-hybridized carbons (Fsp3) is 0.200. The lowest BCUT2D eigenvalue weighted by molar-refractivity contribution is -0.123. The van der Waals surface area contributed by atoms with E-state index in [0.29, 0.717) is 11.4 Å². The number of carbonyl (C=O) groups is 2. The Bertz CT molecular complexity index is 1280. The average molecular weight is 416 g/mol. The van der Waals surface area contributed by atoms with Gasteiger partial charge in [0, 0.05) is 34.0 Å². The summed E-state index contributed by atoms with van der Waals surface area (Å²) in [5.74, 6) is -0.610. The number of anilines is 1. The molecule has 1 amide bonds. The number of hydrogen-bond acceptors (Lipinski definition) is 4. The molecule has 0 saturated carbocycles. The Morgan fingerprint density at radius 3 is 2.45 bits per heavy atom. The lowest BCUT2D eigenvalue weighted by atomic mass is 10.1. The molecule has 0 spiro atoms. The van der Waals surface area contributed by atoms with Gasteiger partial charge in [-0.25, -0.2) is 4.79 Å². The number of para-hydroxylation sites is 2. The van der Waals surface area contributed by atoms with Crippen LogP contribution in [0.5, 0.6) is 5.75 Å². The molecule has 0 aliphatic heterocycles. The summed E-state index contributed by atoms with van der Waals surface area (Å²) in [4.78, 5) is 25.1. The molecular formula is C25H24N2O4. The number of ether oxygens (including phenoxy) is 2. The van der Waals surface area contributed by atoms with E-state index in [0.717, 1.165) is 28.4 Å². The minimum Gasteiger partial charge on any atom is -0.496 e. The van der Waals surface area contributed by atoms with Crippen LogP contribution >= 0.6 is 0 Å². The maximum atomic E-state index is 12.7. The third kappa shape index (κ3) is 3.84. The van der Waals surface area contributed by atoms with Crippen LogP contribution in [0.1, 0.15) is 24.2 Å². The maximum absolute atomic E-state index is 12.7. The van der Waals surface area contributed by atoms with E-state index in [1.54, 1.807) is 31.2 Å². The Labute approximate surface area is 180 Å². The highest BCUT2D eigenvalue weighted by atomic mass is 16.5. The maximum Gasteiger partial charge on any atom is 0.342 e. The van der Waals surface area contributed by atoms with E-state index in [1.807, 2.05) is 30.3 Å². The zero-order chi connectivity index (χ0) is 22.0. The number of fused-ring (bicyclic) bond motifs is 3. The molecule has 4 aromatic rings. The van der Waals surface area contributed by atoms with Crippen LogP contribution in [0.3, 0.4) is 0 Å². The van der Waals surface area contributed by atoms with Gasteiger partial charge in [0.25, 0.3) is 5.91 Å². The molecule has 0 aliphatic rings. The summed E-state index contributed by atoms with van der Waals surface area (Å²) < 4.78 is 12.8. The Morgan fingerprint density at radius 1 is 0.968 bits per heavy atom. The number of hydrogen-bond donors (Lipinski definition) is 1. The Balaban J connectivity index is 1.54. The van der Waals surface area contributed by atoms with Crippen molar-refractivity contribution in [2.45, 2.75) is 26.5 Å². The highest BCUT2D eigenvalue weighted by Crippen LogP contribution is 2.31. The van der Waals surface area contributed by atoms with Crippen LogP contribution in [0.4, 0.5) is 5.69 Å². The zero-order valence-corrected chi connectivity index (χ0v) is 17.7. The smallest absolute Gasteiger partial charge is 0.342 e. The molecule has 6 nitrogen and oxygen atoms in total. The van der Waals surface area contributed by atoms with Crippen LogP contribution in [-0.4, -0.2) is 29.7 Å². The first kappa shape index (κ1) is 20.5. The number of nitrogens with one attached hydrogen (secondary N) is 1. The molecule has 0 bridgehead atoms.